The van der Waals surface area contributed by atoms with E-state index in [0.717, 1.165) is 0 Å². The van der Waals surface area contributed by atoms with Crippen LogP contribution in [0.4, 0.5) is 0 Å². The van der Waals surface area contributed by atoms with Gasteiger partial charge in [0.1, 0.15) is 0 Å². The maximum atomic E-state index is 12.2. The van der Waals surface area contributed by atoms with Crippen molar-refractivity contribution in [2.75, 3.05) is 0 Å². The summed E-state index contributed by atoms with van der Waals surface area (Å²) in [6, 6.07) is 12.2. The number of aliphatic hydroxyl groups is 1. The van der Waals surface area contributed by atoms with E-state index in [1.54, 1.807) is 24.3 Å². The van der Waals surface area contributed by atoms with Crippen LogP contribution in [0, 0.1) is 0 Å². The highest BCUT2D eigenvalue weighted by atomic mass is 16.7. The van der Waals surface area contributed by atoms with E-state index in [2.05, 4.69) is 0 Å². The number of rotatable bonds is 5. The maximum absolute atomic E-state index is 12.2. The molecule has 2 aliphatic rings. The third-order valence-corrected chi connectivity index (χ3v) is 4.57. The fraction of sp³-hybridized carbons (Fsp3) is 0.150. The molecule has 10 heteroatoms. The average molecular weight is 410 g/mol. The molecule has 0 aliphatic carbocycles. The van der Waals surface area contributed by atoms with Crippen LogP contribution in [0.1, 0.15) is 55.7 Å². The highest BCUT2D eigenvalue weighted by Crippen LogP contribution is 2.31. The molecule has 0 aromatic heterocycles. The molecule has 2 aromatic carbocycles. The van der Waals surface area contributed by atoms with Crippen molar-refractivity contribution in [3.63, 3.8) is 0 Å². The molecule has 3 amide bonds. The molecule has 1 N–H and O–H groups in total. The molecule has 0 bridgehead atoms. The van der Waals surface area contributed by atoms with E-state index in [-0.39, 0.29) is 16.7 Å². The number of aliphatic hydroxyl groups excluding tert-OH is 1. The average Bonchev–Trinajstić information content (AvgIpc) is 3.13. The highest BCUT2D eigenvalue weighted by molar-refractivity contribution is 6.20. The van der Waals surface area contributed by atoms with Crippen molar-refractivity contribution in [3.8, 4) is 0 Å². The summed E-state index contributed by atoms with van der Waals surface area (Å²) < 4.78 is 0. The summed E-state index contributed by atoms with van der Waals surface area (Å²) in [5.41, 5.74) is 0.704. The van der Waals surface area contributed by atoms with Crippen LogP contribution in [0.15, 0.2) is 48.5 Å². The van der Waals surface area contributed by atoms with E-state index < -0.39 is 48.7 Å². The monoisotopic (exact) mass is 410 g/mol. The summed E-state index contributed by atoms with van der Waals surface area (Å²) in [6.45, 7) is 0. The van der Waals surface area contributed by atoms with Gasteiger partial charge < -0.3 is 14.8 Å². The summed E-state index contributed by atoms with van der Waals surface area (Å²) in [4.78, 5) is 70.2. The van der Waals surface area contributed by atoms with Gasteiger partial charge in [-0.25, -0.2) is 9.59 Å². The van der Waals surface area contributed by atoms with Gasteiger partial charge in [0.05, 0.1) is 29.5 Å². The summed E-state index contributed by atoms with van der Waals surface area (Å²) in [5.74, 6) is -4.25. The number of fused-ring (bicyclic) bond motifs is 2. The number of hydrogen-bond acceptors (Lipinski definition) is 8. The van der Waals surface area contributed by atoms with E-state index in [4.69, 9.17) is 9.68 Å². The zero-order valence-corrected chi connectivity index (χ0v) is 15.3. The van der Waals surface area contributed by atoms with Crippen molar-refractivity contribution >= 4 is 29.7 Å². The molecule has 1 unspecified atom stereocenters. The van der Waals surface area contributed by atoms with Gasteiger partial charge in [0.15, 0.2) is 6.23 Å². The third kappa shape index (κ3) is 3.18. The van der Waals surface area contributed by atoms with Crippen LogP contribution in [-0.2, 0) is 19.3 Å². The molecular formula is C20H14N2O8. The van der Waals surface area contributed by atoms with Crippen molar-refractivity contribution in [1.29, 1.82) is 0 Å². The van der Waals surface area contributed by atoms with Crippen LogP contribution in [0.3, 0.4) is 0 Å². The van der Waals surface area contributed by atoms with Gasteiger partial charge in [-0.2, -0.15) is 0 Å². The molecule has 1 atom stereocenters. The molecular weight excluding hydrogens is 396 g/mol. The molecule has 30 heavy (non-hydrogen) atoms. The first-order chi connectivity index (χ1) is 14.4. The van der Waals surface area contributed by atoms with Crippen LogP contribution in [-0.4, -0.2) is 44.9 Å². The summed E-state index contributed by atoms with van der Waals surface area (Å²) in [6.07, 6.45) is -2.48. The largest absolute Gasteiger partial charge is 0.367 e. The molecule has 0 spiro atoms. The Labute approximate surface area is 169 Å². The van der Waals surface area contributed by atoms with Crippen molar-refractivity contribution in [1.82, 2.24) is 10.1 Å². The molecule has 0 saturated heterocycles. The van der Waals surface area contributed by atoms with E-state index in [1.807, 2.05) is 0 Å². The highest BCUT2D eigenvalue weighted by Gasteiger charge is 2.40. The van der Waals surface area contributed by atoms with Crippen molar-refractivity contribution in [2.45, 2.75) is 19.1 Å². The lowest BCUT2D eigenvalue weighted by atomic mass is 10.1. The SMILES string of the molecule is O=C(CCC(=O)ON1C(=O)c2ccccc2C1O)ON1C(=O)c2ccccc2C1=O. The molecule has 2 heterocycles. The summed E-state index contributed by atoms with van der Waals surface area (Å²) >= 11 is 0. The van der Waals surface area contributed by atoms with E-state index in [0.29, 0.717) is 15.7 Å². The normalized spacial score (nSPS) is 17.1. The number of imide groups is 1. The van der Waals surface area contributed by atoms with Crippen LogP contribution in [0.2, 0.25) is 0 Å². The maximum Gasteiger partial charge on any atom is 0.333 e. The van der Waals surface area contributed by atoms with E-state index in [9.17, 15) is 29.1 Å². The van der Waals surface area contributed by atoms with E-state index in [1.165, 1.54) is 24.3 Å². The quantitative estimate of drug-likeness (QED) is 0.726. The first-order valence-electron chi connectivity index (χ1n) is 8.88. The fourth-order valence-electron chi connectivity index (χ4n) is 3.12. The molecule has 2 aromatic rings. The van der Waals surface area contributed by atoms with Gasteiger partial charge in [0.2, 0.25) is 0 Å². The first kappa shape index (κ1) is 19.3. The van der Waals surface area contributed by atoms with Gasteiger partial charge >= 0.3 is 11.9 Å². The Morgan fingerprint density at radius 3 is 1.83 bits per heavy atom. The standard InChI is InChI=1S/C20H14N2O8/c23-15(29-21-17(25)11-5-1-2-6-12(11)18(21)26)9-10-16(24)30-22-19(27)13-7-3-4-8-14(13)20(22)28/h1-8,17,25H,9-10H2. The number of hydrogen-bond donors (Lipinski definition) is 1. The van der Waals surface area contributed by atoms with Gasteiger partial charge in [-0.3, -0.25) is 14.4 Å². The molecule has 152 valence electrons. The third-order valence-electron chi connectivity index (χ3n) is 4.57. The number of amides is 3. The van der Waals surface area contributed by atoms with Gasteiger partial charge in [-0.15, -0.1) is 5.06 Å². The minimum Gasteiger partial charge on any atom is -0.367 e. The summed E-state index contributed by atoms with van der Waals surface area (Å²) in [5, 5.41) is 11.0. The Bertz CT molecular complexity index is 1060. The Kier molecular flexibility index (Phi) is 4.76. The topological polar surface area (TPSA) is 131 Å². The molecule has 2 aliphatic heterocycles. The minimum absolute atomic E-state index is 0.107. The first-order valence-corrected chi connectivity index (χ1v) is 8.88. The van der Waals surface area contributed by atoms with E-state index >= 15 is 0 Å². The molecule has 0 saturated carbocycles. The zero-order chi connectivity index (χ0) is 21.4. The smallest absolute Gasteiger partial charge is 0.333 e. The number of hydroxylamine groups is 4. The Morgan fingerprint density at radius 1 is 0.767 bits per heavy atom. The lowest BCUT2D eigenvalue weighted by Gasteiger charge is -2.19. The predicted octanol–water partition coefficient (Wildman–Crippen LogP) is 1.13. The minimum atomic E-state index is -1.46. The number of nitrogens with zero attached hydrogens (tertiary/aromatic N) is 2. The van der Waals surface area contributed by atoms with Crippen molar-refractivity contribution in [2.24, 2.45) is 0 Å². The predicted molar refractivity (Wildman–Crippen MR) is 95.9 cm³/mol. The molecule has 0 radical (unpaired) electrons. The van der Waals surface area contributed by atoms with Crippen LogP contribution < -0.4 is 0 Å². The number of carbonyl (C=O) groups excluding carboxylic acids is 5. The number of benzene rings is 2. The second-order valence-corrected chi connectivity index (χ2v) is 6.47. The molecule has 10 nitrogen and oxygen atoms in total. The number of carbonyl (C=O) groups is 5. The van der Waals surface area contributed by atoms with Gasteiger partial charge in [-0.05, 0) is 18.2 Å². The van der Waals surface area contributed by atoms with Crippen LogP contribution in [0.5, 0.6) is 0 Å². The summed E-state index contributed by atoms with van der Waals surface area (Å²) in [7, 11) is 0. The second kappa shape index (κ2) is 7.41. The van der Waals surface area contributed by atoms with Gasteiger partial charge in [0.25, 0.3) is 17.7 Å². The van der Waals surface area contributed by atoms with Gasteiger partial charge in [0, 0.05) is 5.56 Å². The van der Waals surface area contributed by atoms with Crippen LogP contribution >= 0.6 is 0 Å². The Morgan fingerprint density at radius 2 is 1.27 bits per heavy atom. The van der Waals surface area contributed by atoms with Crippen molar-refractivity contribution in [3.05, 3.63) is 70.8 Å². The zero-order valence-electron chi connectivity index (χ0n) is 15.3. The van der Waals surface area contributed by atoms with Crippen molar-refractivity contribution < 1.29 is 38.8 Å². The lowest BCUT2D eigenvalue weighted by molar-refractivity contribution is -0.208. The van der Waals surface area contributed by atoms with Gasteiger partial charge in [-0.1, -0.05) is 35.4 Å². The lowest BCUT2D eigenvalue weighted by Crippen LogP contribution is -2.33. The molecule has 4 rings (SSSR count). The van der Waals surface area contributed by atoms with Crippen LogP contribution in [0.25, 0.3) is 0 Å². The second-order valence-electron chi connectivity index (χ2n) is 6.47. The fourth-order valence-corrected chi connectivity index (χ4v) is 3.12. The Balaban J connectivity index is 1.31. The molecule has 0 fully saturated rings. The Hall–Kier alpha value is -4.05.